The summed E-state index contributed by atoms with van der Waals surface area (Å²) in [4.78, 5) is 16.4. The van der Waals surface area contributed by atoms with E-state index in [1.165, 1.54) is 5.56 Å². The monoisotopic (exact) mass is 304 g/mol. The fourth-order valence-electron chi connectivity index (χ4n) is 2.99. The zero-order valence-electron chi connectivity index (χ0n) is 14.4. The number of hydrogen-bond donors (Lipinski definition) is 0. The standard InChI is InChI=1S/C18H28N2O2/c1-14-11-20(17(21)22-18(2,3)4)13-16(14)19(5)12-15-9-7-6-8-10-15/h6-10,14,16H,11-13H2,1-5H3. The molecule has 1 heterocycles. The minimum Gasteiger partial charge on any atom is -0.444 e. The summed E-state index contributed by atoms with van der Waals surface area (Å²) in [5.41, 5.74) is 0.863. The van der Waals surface area contributed by atoms with Crippen LogP contribution in [0.1, 0.15) is 33.3 Å². The van der Waals surface area contributed by atoms with E-state index in [2.05, 4.69) is 43.1 Å². The Morgan fingerprint density at radius 1 is 1.27 bits per heavy atom. The molecule has 2 atom stereocenters. The molecule has 1 aromatic carbocycles. The summed E-state index contributed by atoms with van der Waals surface area (Å²) in [5.74, 6) is 0.446. The van der Waals surface area contributed by atoms with Crippen molar-refractivity contribution in [1.82, 2.24) is 9.80 Å². The number of likely N-dealkylation sites (tertiary alicyclic amines) is 1. The van der Waals surface area contributed by atoms with Gasteiger partial charge < -0.3 is 9.64 Å². The number of nitrogens with zero attached hydrogens (tertiary/aromatic N) is 2. The van der Waals surface area contributed by atoms with E-state index in [4.69, 9.17) is 4.74 Å². The molecule has 22 heavy (non-hydrogen) atoms. The predicted molar refractivity (Wildman–Crippen MR) is 88.7 cm³/mol. The van der Waals surface area contributed by atoms with Crippen molar-refractivity contribution in [3.8, 4) is 0 Å². The van der Waals surface area contributed by atoms with Gasteiger partial charge in [-0.2, -0.15) is 0 Å². The van der Waals surface area contributed by atoms with Crippen molar-refractivity contribution in [2.24, 2.45) is 5.92 Å². The van der Waals surface area contributed by atoms with Crippen LogP contribution in [0.3, 0.4) is 0 Å². The third-order valence-corrected chi connectivity index (χ3v) is 4.07. The Kier molecular flexibility index (Phi) is 5.12. The highest BCUT2D eigenvalue weighted by molar-refractivity contribution is 5.68. The van der Waals surface area contributed by atoms with Gasteiger partial charge in [0.15, 0.2) is 0 Å². The van der Waals surface area contributed by atoms with Gasteiger partial charge in [-0.05, 0) is 39.3 Å². The average Bonchev–Trinajstić information content (AvgIpc) is 2.80. The highest BCUT2D eigenvalue weighted by atomic mass is 16.6. The van der Waals surface area contributed by atoms with Crippen molar-refractivity contribution in [2.45, 2.75) is 45.9 Å². The molecular formula is C18H28N2O2. The zero-order valence-corrected chi connectivity index (χ0v) is 14.4. The molecule has 4 nitrogen and oxygen atoms in total. The summed E-state index contributed by atoms with van der Waals surface area (Å²) in [5, 5.41) is 0. The first-order chi connectivity index (χ1) is 10.3. The van der Waals surface area contributed by atoms with Crippen LogP contribution in [0.15, 0.2) is 30.3 Å². The molecule has 4 heteroatoms. The maximum absolute atomic E-state index is 12.2. The SMILES string of the molecule is CC1CN(C(=O)OC(C)(C)C)CC1N(C)Cc1ccccc1. The normalized spacial score (nSPS) is 22.2. The van der Waals surface area contributed by atoms with Crippen LogP contribution in [0.4, 0.5) is 4.79 Å². The van der Waals surface area contributed by atoms with E-state index in [-0.39, 0.29) is 6.09 Å². The topological polar surface area (TPSA) is 32.8 Å². The molecule has 0 radical (unpaired) electrons. The molecule has 0 bridgehead atoms. The van der Waals surface area contributed by atoms with Gasteiger partial charge in [0.2, 0.25) is 0 Å². The smallest absolute Gasteiger partial charge is 0.410 e. The number of hydrogen-bond acceptors (Lipinski definition) is 3. The number of carbonyl (C=O) groups is 1. The fourth-order valence-corrected chi connectivity index (χ4v) is 2.99. The van der Waals surface area contributed by atoms with Gasteiger partial charge in [0.05, 0.1) is 0 Å². The molecule has 1 amide bonds. The number of rotatable bonds is 3. The quantitative estimate of drug-likeness (QED) is 0.858. The molecule has 1 aromatic rings. The highest BCUT2D eigenvalue weighted by Gasteiger charge is 2.36. The van der Waals surface area contributed by atoms with Crippen LogP contribution < -0.4 is 0 Å². The van der Waals surface area contributed by atoms with Crippen LogP contribution in [0, 0.1) is 5.92 Å². The Morgan fingerprint density at radius 2 is 1.91 bits per heavy atom. The van der Waals surface area contributed by atoms with Gasteiger partial charge >= 0.3 is 6.09 Å². The molecule has 2 rings (SSSR count). The van der Waals surface area contributed by atoms with Crippen LogP contribution in [0.5, 0.6) is 0 Å². The molecule has 2 unspecified atom stereocenters. The number of amides is 1. The van der Waals surface area contributed by atoms with Gasteiger partial charge in [-0.1, -0.05) is 37.3 Å². The highest BCUT2D eigenvalue weighted by Crippen LogP contribution is 2.24. The molecule has 0 N–H and O–H groups in total. The molecule has 122 valence electrons. The fraction of sp³-hybridized carbons (Fsp3) is 0.611. The molecular weight excluding hydrogens is 276 g/mol. The van der Waals surface area contributed by atoms with E-state index in [1.807, 2.05) is 31.7 Å². The second-order valence-electron chi connectivity index (χ2n) is 7.33. The lowest BCUT2D eigenvalue weighted by Gasteiger charge is -2.27. The molecule has 0 spiro atoms. The summed E-state index contributed by atoms with van der Waals surface area (Å²) < 4.78 is 5.48. The largest absolute Gasteiger partial charge is 0.444 e. The summed E-state index contributed by atoms with van der Waals surface area (Å²) in [7, 11) is 2.13. The van der Waals surface area contributed by atoms with Crippen molar-refractivity contribution in [2.75, 3.05) is 20.1 Å². The summed E-state index contributed by atoms with van der Waals surface area (Å²) in [6.07, 6.45) is -0.199. The third-order valence-electron chi connectivity index (χ3n) is 4.07. The number of benzene rings is 1. The Labute approximate surface area is 134 Å². The molecule has 1 saturated heterocycles. The number of carbonyl (C=O) groups excluding carboxylic acids is 1. The second-order valence-corrected chi connectivity index (χ2v) is 7.33. The van der Waals surface area contributed by atoms with Gasteiger partial charge in [0.25, 0.3) is 0 Å². The van der Waals surface area contributed by atoms with Gasteiger partial charge in [0.1, 0.15) is 5.60 Å². The van der Waals surface area contributed by atoms with Crippen LogP contribution in [-0.4, -0.2) is 47.7 Å². The average molecular weight is 304 g/mol. The Hall–Kier alpha value is -1.55. The van der Waals surface area contributed by atoms with Gasteiger partial charge in [-0.15, -0.1) is 0 Å². The maximum atomic E-state index is 12.2. The van der Waals surface area contributed by atoms with E-state index < -0.39 is 5.60 Å². The van der Waals surface area contributed by atoms with Crippen LogP contribution in [0.2, 0.25) is 0 Å². The van der Waals surface area contributed by atoms with E-state index in [1.54, 1.807) is 0 Å². The first-order valence-corrected chi connectivity index (χ1v) is 7.98. The molecule has 1 fully saturated rings. The van der Waals surface area contributed by atoms with Crippen molar-refractivity contribution in [3.05, 3.63) is 35.9 Å². The van der Waals surface area contributed by atoms with Crippen LogP contribution >= 0.6 is 0 Å². The minimum absolute atomic E-state index is 0.199. The lowest BCUT2D eigenvalue weighted by molar-refractivity contribution is 0.0280. The Bertz CT molecular complexity index is 496. The molecule has 0 saturated carbocycles. The van der Waals surface area contributed by atoms with Crippen molar-refractivity contribution < 1.29 is 9.53 Å². The Balaban J connectivity index is 1.94. The van der Waals surface area contributed by atoms with E-state index in [9.17, 15) is 4.79 Å². The van der Waals surface area contributed by atoms with Gasteiger partial charge in [0, 0.05) is 25.7 Å². The van der Waals surface area contributed by atoms with Crippen molar-refractivity contribution >= 4 is 6.09 Å². The van der Waals surface area contributed by atoms with Gasteiger partial charge in [-0.3, -0.25) is 4.90 Å². The summed E-state index contributed by atoms with van der Waals surface area (Å²) in [6.45, 7) is 10.3. The predicted octanol–water partition coefficient (Wildman–Crippen LogP) is 3.37. The molecule has 1 aliphatic rings. The van der Waals surface area contributed by atoms with Crippen LogP contribution in [-0.2, 0) is 11.3 Å². The zero-order chi connectivity index (χ0) is 16.3. The molecule has 0 aliphatic carbocycles. The van der Waals surface area contributed by atoms with E-state index >= 15 is 0 Å². The lowest BCUT2D eigenvalue weighted by Crippen LogP contribution is -2.39. The molecule has 1 aliphatic heterocycles. The lowest BCUT2D eigenvalue weighted by atomic mass is 10.0. The summed E-state index contributed by atoms with van der Waals surface area (Å²) >= 11 is 0. The van der Waals surface area contributed by atoms with Crippen molar-refractivity contribution in [1.29, 1.82) is 0 Å². The second kappa shape index (κ2) is 6.69. The van der Waals surface area contributed by atoms with E-state index in [0.29, 0.717) is 12.0 Å². The first kappa shape index (κ1) is 16.8. The number of ether oxygens (including phenoxy) is 1. The summed E-state index contributed by atoms with van der Waals surface area (Å²) in [6, 6.07) is 10.8. The first-order valence-electron chi connectivity index (χ1n) is 7.98. The Morgan fingerprint density at radius 3 is 2.50 bits per heavy atom. The third kappa shape index (κ3) is 4.47. The molecule has 0 aromatic heterocycles. The van der Waals surface area contributed by atoms with Crippen molar-refractivity contribution in [3.63, 3.8) is 0 Å². The maximum Gasteiger partial charge on any atom is 0.410 e. The minimum atomic E-state index is -0.436. The number of likely N-dealkylation sites (N-methyl/N-ethyl adjacent to an activating group) is 1. The van der Waals surface area contributed by atoms with Crippen LogP contribution in [0.25, 0.3) is 0 Å². The van der Waals surface area contributed by atoms with E-state index in [0.717, 1.165) is 19.6 Å². The van der Waals surface area contributed by atoms with Gasteiger partial charge in [-0.25, -0.2) is 4.79 Å².